The number of nitrogens with one attached hydrogen (secondary N) is 2. The SMILES string of the molecule is N#CCOc1ccccc1C=C1C(=O)NC(=O)NC1=O. The molecule has 7 nitrogen and oxygen atoms in total. The van der Waals surface area contributed by atoms with Crippen LogP contribution in [0.4, 0.5) is 4.79 Å². The van der Waals surface area contributed by atoms with Gasteiger partial charge in [-0.3, -0.25) is 20.2 Å². The lowest BCUT2D eigenvalue weighted by Crippen LogP contribution is -2.51. The summed E-state index contributed by atoms with van der Waals surface area (Å²) >= 11 is 0. The highest BCUT2D eigenvalue weighted by atomic mass is 16.5. The Labute approximate surface area is 113 Å². The van der Waals surface area contributed by atoms with Gasteiger partial charge in [-0.05, 0) is 12.1 Å². The summed E-state index contributed by atoms with van der Waals surface area (Å²) in [4.78, 5) is 34.1. The molecule has 20 heavy (non-hydrogen) atoms. The topological polar surface area (TPSA) is 108 Å². The monoisotopic (exact) mass is 271 g/mol. The van der Waals surface area contributed by atoms with Crippen LogP contribution >= 0.6 is 0 Å². The number of carbonyl (C=O) groups is 3. The van der Waals surface area contributed by atoms with Crippen LogP contribution in [0.2, 0.25) is 0 Å². The Hall–Kier alpha value is -3.14. The molecule has 1 heterocycles. The van der Waals surface area contributed by atoms with Crippen molar-refractivity contribution in [3.8, 4) is 11.8 Å². The molecule has 0 saturated carbocycles. The minimum atomic E-state index is -0.855. The molecular weight excluding hydrogens is 262 g/mol. The predicted molar refractivity (Wildman–Crippen MR) is 67.2 cm³/mol. The number of barbiturate groups is 1. The predicted octanol–water partition coefficient (Wildman–Crippen LogP) is 0.338. The largest absolute Gasteiger partial charge is 0.478 e. The van der Waals surface area contributed by atoms with E-state index in [1.807, 2.05) is 16.7 Å². The molecule has 0 unspecified atom stereocenters. The summed E-state index contributed by atoms with van der Waals surface area (Å²) in [5, 5.41) is 12.4. The number of urea groups is 1. The Morgan fingerprint density at radius 1 is 1.15 bits per heavy atom. The standard InChI is InChI=1S/C13H9N3O4/c14-5-6-20-10-4-2-1-3-8(10)7-9-11(17)15-13(19)16-12(9)18/h1-4,7H,6H2,(H2,15,16,17,18,19). The van der Waals surface area contributed by atoms with Crippen LogP contribution in [0.25, 0.3) is 6.08 Å². The van der Waals surface area contributed by atoms with Gasteiger partial charge in [-0.1, -0.05) is 18.2 Å². The van der Waals surface area contributed by atoms with Crippen molar-refractivity contribution < 1.29 is 19.1 Å². The zero-order chi connectivity index (χ0) is 14.5. The van der Waals surface area contributed by atoms with E-state index in [-0.39, 0.29) is 12.2 Å². The molecule has 0 bridgehead atoms. The summed E-state index contributed by atoms with van der Waals surface area (Å²) in [5.74, 6) is -1.21. The van der Waals surface area contributed by atoms with Gasteiger partial charge in [0, 0.05) is 5.56 Å². The third kappa shape index (κ3) is 2.81. The van der Waals surface area contributed by atoms with E-state index >= 15 is 0 Å². The number of ether oxygens (including phenoxy) is 1. The average Bonchev–Trinajstić information content (AvgIpc) is 2.41. The second kappa shape index (κ2) is 5.67. The lowest BCUT2D eigenvalue weighted by Gasteiger charge is -2.14. The summed E-state index contributed by atoms with van der Waals surface area (Å²) in [7, 11) is 0. The first-order chi connectivity index (χ1) is 9.61. The van der Waals surface area contributed by atoms with Crippen LogP contribution < -0.4 is 15.4 Å². The number of benzene rings is 1. The van der Waals surface area contributed by atoms with E-state index in [0.717, 1.165) is 0 Å². The van der Waals surface area contributed by atoms with Crippen LogP contribution in [0.1, 0.15) is 5.56 Å². The molecule has 1 aromatic rings. The second-order valence-corrected chi connectivity index (χ2v) is 3.78. The van der Waals surface area contributed by atoms with Gasteiger partial charge in [0.2, 0.25) is 0 Å². The highest BCUT2D eigenvalue weighted by molar-refractivity contribution is 6.31. The number of nitrogens with zero attached hydrogens (tertiary/aromatic N) is 1. The lowest BCUT2D eigenvalue weighted by molar-refractivity contribution is -0.123. The molecule has 1 fully saturated rings. The Bertz CT molecular complexity index is 636. The van der Waals surface area contributed by atoms with Crippen molar-refractivity contribution in [2.75, 3.05) is 6.61 Å². The maximum Gasteiger partial charge on any atom is 0.328 e. The summed E-state index contributed by atoms with van der Waals surface area (Å²) in [6, 6.07) is 7.58. The Morgan fingerprint density at radius 2 is 1.80 bits per heavy atom. The van der Waals surface area contributed by atoms with Crippen LogP contribution in [0, 0.1) is 11.3 Å². The second-order valence-electron chi connectivity index (χ2n) is 3.78. The fourth-order valence-electron chi connectivity index (χ4n) is 1.60. The number of amides is 4. The van der Waals surface area contributed by atoms with Crippen molar-refractivity contribution in [3.05, 3.63) is 35.4 Å². The molecule has 0 aromatic heterocycles. The first-order valence-corrected chi connectivity index (χ1v) is 5.59. The minimum Gasteiger partial charge on any atom is -0.478 e. The van der Waals surface area contributed by atoms with Gasteiger partial charge in [0.05, 0.1) is 0 Å². The van der Waals surface area contributed by atoms with E-state index in [1.165, 1.54) is 6.08 Å². The third-order valence-electron chi connectivity index (χ3n) is 2.45. The minimum absolute atomic E-state index is 0.156. The molecule has 1 aliphatic heterocycles. The van der Waals surface area contributed by atoms with Gasteiger partial charge in [-0.2, -0.15) is 5.26 Å². The molecule has 1 aliphatic rings. The van der Waals surface area contributed by atoms with Crippen molar-refractivity contribution in [1.29, 1.82) is 5.26 Å². The van der Waals surface area contributed by atoms with Crippen LogP contribution in [0.15, 0.2) is 29.8 Å². The lowest BCUT2D eigenvalue weighted by atomic mass is 10.1. The van der Waals surface area contributed by atoms with E-state index in [9.17, 15) is 14.4 Å². The van der Waals surface area contributed by atoms with Crippen molar-refractivity contribution >= 4 is 23.9 Å². The Kier molecular flexibility index (Phi) is 3.77. The number of carbonyl (C=O) groups excluding carboxylic acids is 3. The van der Waals surface area contributed by atoms with Crippen molar-refractivity contribution in [3.63, 3.8) is 0 Å². The van der Waals surface area contributed by atoms with Crippen molar-refractivity contribution in [1.82, 2.24) is 10.6 Å². The van der Waals surface area contributed by atoms with Gasteiger partial charge >= 0.3 is 6.03 Å². The van der Waals surface area contributed by atoms with Gasteiger partial charge in [0.15, 0.2) is 6.61 Å². The van der Waals surface area contributed by atoms with Crippen LogP contribution in [-0.4, -0.2) is 24.5 Å². The number of nitriles is 1. The van der Waals surface area contributed by atoms with Gasteiger partial charge in [-0.15, -0.1) is 0 Å². The fourth-order valence-corrected chi connectivity index (χ4v) is 1.60. The summed E-state index contributed by atoms with van der Waals surface area (Å²) < 4.78 is 5.18. The summed E-state index contributed by atoms with van der Waals surface area (Å²) in [6.07, 6.45) is 1.30. The Morgan fingerprint density at radius 3 is 2.45 bits per heavy atom. The molecule has 0 radical (unpaired) electrons. The molecule has 100 valence electrons. The van der Waals surface area contributed by atoms with Crippen LogP contribution in [0.5, 0.6) is 5.75 Å². The zero-order valence-electron chi connectivity index (χ0n) is 10.2. The van der Waals surface area contributed by atoms with E-state index in [4.69, 9.17) is 10.00 Å². The molecule has 0 aliphatic carbocycles. The molecule has 1 aromatic carbocycles. The number of hydrogen-bond acceptors (Lipinski definition) is 5. The highest BCUT2D eigenvalue weighted by Gasteiger charge is 2.27. The molecule has 0 spiro atoms. The average molecular weight is 271 g/mol. The van der Waals surface area contributed by atoms with E-state index in [2.05, 4.69) is 0 Å². The van der Waals surface area contributed by atoms with Gasteiger partial charge in [0.1, 0.15) is 17.4 Å². The molecule has 2 rings (SSSR count). The number of imide groups is 2. The fraction of sp³-hybridized carbons (Fsp3) is 0.0769. The van der Waals surface area contributed by atoms with Crippen molar-refractivity contribution in [2.24, 2.45) is 0 Å². The molecule has 7 heteroatoms. The normalized spacial score (nSPS) is 14.2. The number of para-hydroxylation sites is 1. The van der Waals surface area contributed by atoms with E-state index in [0.29, 0.717) is 11.3 Å². The number of hydrogen-bond donors (Lipinski definition) is 2. The molecule has 0 atom stereocenters. The van der Waals surface area contributed by atoms with Crippen molar-refractivity contribution in [2.45, 2.75) is 0 Å². The van der Waals surface area contributed by atoms with Gasteiger partial charge < -0.3 is 4.74 Å². The maximum absolute atomic E-state index is 11.6. The summed E-state index contributed by atoms with van der Waals surface area (Å²) in [6.45, 7) is -0.156. The van der Waals surface area contributed by atoms with Gasteiger partial charge in [-0.25, -0.2) is 4.79 Å². The quantitative estimate of drug-likeness (QED) is 0.608. The van der Waals surface area contributed by atoms with Crippen LogP contribution in [-0.2, 0) is 9.59 Å². The molecule has 2 N–H and O–H groups in total. The third-order valence-corrected chi connectivity index (χ3v) is 2.45. The van der Waals surface area contributed by atoms with Crippen LogP contribution in [0.3, 0.4) is 0 Å². The molecule has 1 saturated heterocycles. The molecule has 4 amide bonds. The van der Waals surface area contributed by atoms with Gasteiger partial charge in [0.25, 0.3) is 11.8 Å². The molecular formula is C13H9N3O4. The number of rotatable bonds is 3. The van der Waals surface area contributed by atoms with E-state index in [1.54, 1.807) is 24.3 Å². The summed E-state index contributed by atoms with van der Waals surface area (Å²) in [5.41, 5.74) is 0.245. The smallest absolute Gasteiger partial charge is 0.328 e. The Balaban J connectivity index is 2.35. The first kappa shape index (κ1) is 13.3. The van der Waals surface area contributed by atoms with E-state index < -0.39 is 17.8 Å². The first-order valence-electron chi connectivity index (χ1n) is 5.59. The maximum atomic E-state index is 11.6. The zero-order valence-corrected chi connectivity index (χ0v) is 10.2. The highest BCUT2D eigenvalue weighted by Crippen LogP contribution is 2.21.